The number of benzene rings is 3. The fourth-order valence-electron chi connectivity index (χ4n) is 4.01. The van der Waals surface area contributed by atoms with Crippen molar-refractivity contribution < 1.29 is 14.1 Å². The molecule has 0 spiro atoms. The van der Waals surface area contributed by atoms with Crippen molar-refractivity contribution in [2.75, 3.05) is 4.90 Å². The van der Waals surface area contributed by atoms with Crippen LogP contribution in [0.5, 0.6) is 0 Å². The molecule has 2 heterocycles. The molecule has 1 N–H and O–H groups in total. The van der Waals surface area contributed by atoms with Gasteiger partial charge >= 0.3 is 0 Å². The van der Waals surface area contributed by atoms with Gasteiger partial charge in [-0.1, -0.05) is 30.3 Å². The number of carbonyl (C=O) groups is 1. The summed E-state index contributed by atoms with van der Waals surface area (Å²) in [6, 6.07) is 20.3. The first-order valence-electron chi connectivity index (χ1n) is 9.52. The van der Waals surface area contributed by atoms with E-state index in [1.807, 2.05) is 6.07 Å². The molecule has 0 radical (unpaired) electrons. The van der Waals surface area contributed by atoms with Crippen LogP contribution in [0.3, 0.4) is 0 Å². The SMILES string of the molecule is O=C1c2[nH]nc(-c3ccc(F)cc3)c2C(c2ccccc2[N+](=O)[O-])N1c1ccccc1. The lowest BCUT2D eigenvalue weighted by atomic mass is 9.94. The molecule has 1 aliphatic rings. The monoisotopic (exact) mass is 414 g/mol. The Balaban J connectivity index is 1.77. The first-order chi connectivity index (χ1) is 15.1. The molecule has 31 heavy (non-hydrogen) atoms. The average Bonchev–Trinajstić information content (AvgIpc) is 3.34. The largest absolute Gasteiger partial charge is 0.295 e. The minimum absolute atomic E-state index is 0.0969. The summed E-state index contributed by atoms with van der Waals surface area (Å²) in [5.74, 6) is -0.738. The van der Waals surface area contributed by atoms with E-state index in [-0.39, 0.29) is 17.3 Å². The van der Waals surface area contributed by atoms with E-state index in [2.05, 4.69) is 10.2 Å². The second kappa shape index (κ2) is 7.17. The lowest BCUT2D eigenvalue weighted by Gasteiger charge is -2.26. The van der Waals surface area contributed by atoms with Crippen LogP contribution < -0.4 is 4.90 Å². The van der Waals surface area contributed by atoms with Gasteiger partial charge in [0.2, 0.25) is 0 Å². The third-order valence-electron chi connectivity index (χ3n) is 5.35. The van der Waals surface area contributed by atoms with Crippen LogP contribution in [0.1, 0.15) is 27.7 Å². The average molecular weight is 414 g/mol. The third kappa shape index (κ3) is 2.96. The Bertz CT molecular complexity index is 1300. The van der Waals surface area contributed by atoms with Crippen molar-refractivity contribution in [1.82, 2.24) is 10.2 Å². The van der Waals surface area contributed by atoms with Gasteiger partial charge in [-0.15, -0.1) is 0 Å². The van der Waals surface area contributed by atoms with Crippen LogP contribution in [-0.4, -0.2) is 21.0 Å². The Labute approximate surface area is 175 Å². The minimum Gasteiger partial charge on any atom is -0.295 e. The molecule has 1 unspecified atom stereocenters. The number of carbonyl (C=O) groups excluding carboxylic acids is 1. The number of para-hydroxylation sites is 2. The second-order valence-corrected chi connectivity index (χ2v) is 7.10. The number of anilines is 1. The topological polar surface area (TPSA) is 92.1 Å². The van der Waals surface area contributed by atoms with Crippen molar-refractivity contribution in [2.24, 2.45) is 0 Å². The van der Waals surface area contributed by atoms with E-state index in [9.17, 15) is 19.3 Å². The Morgan fingerprint density at radius 2 is 1.65 bits per heavy atom. The Morgan fingerprint density at radius 1 is 0.968 bits per heavy atom. The van der Waals surface area contributed by atoms with Crippen LogP contribution in [0.25, 0.3) is 11.3 Å². The van der Waals surface area contributed by atoms with E-state index in [0.717, 1.165) is 0 Å². The van der Waals surface area contributed by atoms with Crippen molar-refractivity contribution >= 4 is 17.3 Å². The molecule has 0 bridgehead atoms. The van der Waals surface area contributed by atoms with Crippen molar-refractivity contribution in [2.45, 2.75) is 6.04 Å². The van der Waals surface area contributed by atoms with Crippen molar-refractivity contribution in [3.05, 3.63) is 112 Å². The fraction of sp³-hybridized carbons (Fsp3) is 0.0435. The van der Waals surface area contributed by atoms with Crippen LogP contribution in [0, 0.1) is 15.9 Å². The molecule has 1 aliphatic heterocycles. The number of fused-ring (bicyclic) bond motifs is 1. The van der Waals surface area contributed by atoms with E-state index < -0.39 is 16.8 Å². The summed E-state index contributed by atoms with van der Waals surface area (Å²) in [6.07, 6.45) is 0. The van der Waals surface area contributed by atoms with Gasteiger partial charge in [0.15, 0.2) is 0 Å². The molecule has 3 aromatic carbocycles. The van der Waals surface area contributed by atoms with Crippen LogP contribution >= 0.6 is 0 Å². The zero-order valence-corrected chi connectivity index (χ0v) is 16.0. The van der Waals surface area contributed by atoms with Gasteiger partial charge in [-0.25, -0.2) is 4.39 Å². The zero-order valence-electron chi connectivity index (χ0n) is 16.0. The Hall–Kier alpha value is -4.33. The molecule has 0 aliphatic carbocycles. The normalized spacial score (nSPS) is 15.2. The summed E-state index contributed by atoms with van der Waals surface area (Å²) in [5.41, 5.74) is 2.70. The quantitative estimate of drug-likeness (QED) is 0.381. The Kier molecular flexibility index (Phi) is 4.32. The van der Waals surface area contributed by atoms with Gasteiger partial charge in [-0.2, -0.15) is 5.10 Å². The number of nitro benzene ring substituents is 1. The first kappa shape index (κ1) is 18.7. The highest BCUT2D eigenvalue weighted by molar-refractivity contribution is 6.11. The first-order valence-corrected chi connectivity index (χ1v) is 9.52. The van der Waals surface area contributed by atoms with Gasteiger partial charge < -0.3 is 0 Å². The maximum atomic E-state index is 13.5. The molecule has 7 nitrogen and oxygen atoms in total. The molecular formula is C23H15FN4O3. The lowest BCUT2D eigenvalue weighted by Crippen LogP contribution is -2.29. The van der Waals surface area contributed by atoms with Gasteiger partial charge in [0.05, 0.1) is 22.2 Å². The maximum absolute atomic E-state index is 13.5. The number of nitrogens with one attached hydrogen (secondary N) is 1. The van der Waals surface area contributed by atoms with Gasteiger partial charge in [0.1, 0.15) is 11.5 Å². The van der Waals surface area contributed by atoms with Gasteiger partial charge in [-0.3, -0.25) is 24.9 Å². The van der Waals surface area contributed by atoms with Crippen molar-refractivity contribution in [1.29, 1.82) is 0 Å². The number of hydrogen-bond acceptors (Lipinski definition) is 4. The summed E-state index contributed by atoms with van der Waals surface area (Å²) < 4.78 is 13.5. The zero-order chi connectivity index (χ0) is 21.5. The molecule has 152 valence electrons. The van der Waals surface area contributed by atoms with Crippen molar-refractivity contribution in [3.8, 4) is 11.3 Å². The molecule has 1 amide bonds. The van der Waals surface area contributed by atoms with E-state index in [4.69, 9.17) is 0 Å². The number of hydrogen-bond donors (Lipinski definition) is 1. The number of aromatic nitrogens is 2. The van der Waals surface area contributed by atoms with Crippen LogP contribution in [-0.2, 0) is 0 Å². The standard InChI is InChI=1S/C23H15FN4O3/c24-15-12-10-14(11-13-15)20-19-21(26-25-20)23(29)27(16-6-2-1-3-7-16)22(19)17-8-4-5-9-18(17)28(30)31/h1-13,22H,(H,25,26). The Morgan fingerprint density at radius 3 is 2.35 bits per heavy atom. The van der Waals surface area contributed by atoms with E-state index in [0.29, 0.717) is 28.1 Å². The molecule has 5 rings (SSSR count). The number of aromatic amines is 1. The lowest BCUT2D eigenvalue weighted by molar-refractivity contribution is -0.385. The summed E-state index contributed by atoms with van der Waals surface area (Å²) in [5, 5.41) is 18.9. The predicted molar refractivity (Wildman–Crippen MR) is 112 cm³/mol. The van der Waals surface area contributed by atoms with Gasteiger partial charge in [0, 0.05) is 22.9 Å². The number of rotatable bonds is 4. The molecule has 4 aromatic rings. The summed E-state index contributed by atoms with van der Waals surface area (Å²) in [7, 11) is 0. The van der Waals surface area contributed by atoms with E-state index >= 15 is 0 Å². The number of halogens is 1. The molecule has 1 atom stereocenters. The minimum atomic E-state index is -0.773. The van der Waals surface area contributed by atoms with E-state index in [1.165, 1.54) is 23.1 Å². The smallest absolute Gasteiger partial charge is 0.277 e. The fourth-order valence-corrected chi connectivity index (χ4v) is 4.01. The maximum Gasteiger partial charge on any atom is 0.277 e. The highest BCUT2D eigenvalue weighted by Crippen LogP contribution is 2.46. The molecule has 8 heteroatoms. The highest BCUT2D eigenvalue weighted by atomic mass is 19.1. The highest BCUT2D eigenvalue weighted by Gasteiger charge is 2.45. The predicted octanol–water partition coefficient (Wildman–Crippen LogP) is 4.87. The number of nitrogens with zero attached hydrogens (tertiary/aromatic N) is 3. The summed E-state index contributed by atoms with van der Waals surface area (Å²) in [4.78, 5) is 26.2. The van der Waals surface area contributed by atoms with E-state index in [1.54, 1.807) is 54.6 Å². The van der Waals surface area contributed by atoms with Gasteiger partial charge in [-0.05, 0) is 42.5 Å². The number of amides is 1. The van der Waals surface area contributed by atoms with Crippen molar-refractivity contribution in [3.63, 3.8) is 0 Å². The van der Waals surface area contributed by atoms with Gasteiger partial charge in [0.25, 0.3) is 11.6 Å². The second-order valence-electron chi connectivity index (χ2n) is 7.10. The molecule has 0 fully saturated rings. The van der Waals surface area contributed by atoms with Crippen LogP contribution in [0.4, 0.5) is 15.8 Å². The number of nitro groups is 1. The third-order valence-corrected chi connectivity index (χ3v) is 5.35. The van der Waals surface area contributed by atoms with Crippen LogP contribution in [0.15, 0.2) is 78.9 Å². The summed E-state index contributed by atoms with van der Waals surface area (Å²) in [6.45, 7) is 0. The molecule has 1 aromatic heterocycles. The molecule has 0 saturated carbocycles. The number of H-pyrrole nitrogens is 1. The molecular weight excluding hydrogens is 399 g/mol. The molecule has 0 saturated heterocycles. The van der Waals surface area contributed by atoms with Crippen LogP contribution in [0.2, 0.25) is 0 Å². The summed E-state index contributed by atoms with van der Waals surface area (Å²) >= 11 is 0.